The molecule has 0 saturated carbocycles. The van der Waals surface area contributed by atoms with Crippen molar-refractivity contribution in [2.24, 2.45) is 0 Å². The number of anilines is 2. The fourth-order valence-electron chi connectivity index (χ4n) is 2.01. The molecule has 0 amide bonds. The number of thioether (sulfide) groups is 1. The molecule has 7 heteroatoms. The molecule has 0 spiro atoms. The molecule has 1 aromatic carbocycles. The molecule has 0 unspecified atom stereocenters. The lowest BCUT2D eigenvalue weighted by molar-refractivity contribution is 0.102. The number of benzene rings is 1. The molecule has 0 aliphatic carbocycles. The average molecular weight is 335 g/mol. The van der Waals surface area contributed by atoms with Crippen molar-refractivity contribution in [2.75, 3.05) is 11.6 Å². The summed E-state index contributed by atoms with van der Waals surface area (Å²) in [5, 5.41) is 4.73. The number of ketones is 1. The number of carbonyl (C=O) groups excluding carboxylic acids is 1. The summed E-state index contributed by atoms with van der Waals surface area (Å²) in [6.45, 7) is 3.41. The van der Waals surface area contributed by atoms with E-state index in [2.05, 4.69) is 27.4 Å². The van der Waals surface area contributed by atoms with Gasteiger partial charge in [0.25, 0.3) is 0 Å². The lowest BCUT2D eigenvalue weighted by Crippen LogP contribution is -1.89. The molecule has 3 rings (SSSR count). The largest absolute Gasteiger partial charge is 0.307 e. The first-order valence-corrected chi connectivity index (χ1v) is 9.13. The summed E-state index contributed by atoms with van der Waals surface area (Å²) in [7, 11) is 0. The van der Waals surface area contributed by atoms with Gasteiger partial charge in [0.05, 0.1) is 20.8 Å². The van der Waals surface area contributed by atoms with Crippen LogP contribution in [0.5, 0.6) is 0 Å². The highest BCUT2D eigenvalue weighted by Crippen LogP contribution is 2.34. The predicted octanol–water partition coefficient (Wildman–Crippen LogP) is 4.73. The summed E-state index contributed by atoms with van der Waals surface area (Å²) < 4.78 is 1.14. The molecule has 0 saturated heterocycles. The van der Waals surface area contributed by atoms with Gasteiger partial charge >= 0.3 is 0 Å². The van der Waals surface area contributed by atoms with Gasteiger partial charge in [-0.15, -0.1) is 11.8 Å². The molecule has 21 heavy (non-hydrogen) atoms. The number of para-hydroxylation sites is 1. The van der Waals surface area contributed by atoms with E-state index in [0.29, 0.717) is 10.0 Å². The SMILES string of the molecule is CSc1cccc2sc(Nc3nc(C)c(C(C)=O)s3)nc12. The van der Waals surface area contributed by atoms with E-state index in [9.17, 15) is 4.79 Å². The number of hydrogen-bond acceptors (Lipinski definition) is 7. The molecule has 0 aliphatic rings. The first kappa shape index (κ1) is 14.5. The lowest BCUT2D eigenvalue weighted by Gasteiger charge is -1.95. The fraction of sp³-hybridized carbons (Fsp3) is 0.214. The van der Waals surface area contributed by atoms with Crippen LogP contribution in [0.2, 0.25) is 0 Å². The van der Waals surface area contributed by atoms with Crippen LogP contribution >= 0.6 is 34.4 Å². The molecule has 108 valence electrons. The Labute approximate surface area is 134 Å². The van der Waals surface area contributed by atoms with E-state index in [0.717, 1.165) is 25.9 Å². The number of nitrogens with one attached hydrogen (secondary N) is 1. The zero-order chi connectivity index (χ0) is 15.0. The second-order valence-electron chi connectivity index (χ2n) is 4.44. The van der Waals surface area contributed by atoms with E-state index >= 15 is 0 Å². The highest BCUT2D eigenvalue weighted by atomic mass is 32.2. The van der Waals surface area contributed by atoms with Crippen LogP contribution in [0.3, 0.4) is 0 Å². The molecule has 2 aromatic heterocycles. The fourth-order valence-corrected chi connectivity index (χ4v) is 4.45. The Morgan fingerprint density at radius 1 is 1.24 bits per heavy atom. The van der Waals surface area contributed by atoms with Crippen LogP contribution in [0.25, 0.3) is 10.2 Å². The molecule has 0 fully saturated rings. The molecular formula is C14H13N3OS3. The van der Waals surface area contributed by atoms with Gasteiger partial charge in [0.1, 0.15) is 0 Å². The molecule has 1 N–H and O–H groups in total. The number of aryl methyl sites for hydroxylation is 1. The maximum absolute atomic E-state index is 11.5. The number of hydrogen-bond donors (Lipinski definition) is 1. The smallest absolute Gasteiger partial charge is 0.190 e. The predicted molar refractivity (Wildman–Crippen MR) is 91.5 cm³/mol. The van der Waals surface area contributed by atoms with E-state index in [1.165, 1.54) is 11.3 Å². The molecule has 0 radical (unpaired) electrons. The molecule has 0 aliphatic heterocycles. The minimum absolute atomic E-state index is 0.0482. The Morgan fingerprint density at radius 2 is 2.00 bits per heavy atom. The molecule has 0 bridgehead atoms. The summed E-state index contributed by atoms with van der Waals surface area (Å²) in [6.07, 6.45) is 2.05. The summed E-state index contributed by atoms with van der Waals surface area (Å²) in [6, 6.07) is 6.17. The van der Waals surface area contributed by atoms with Gasteiger partial charge in [-0.05, 0) is 25.3 Å². The minimum Gasteiger partial charge on any atom is -0.307 e. The van der Waals surface area contributed by atoms with Crippen LogP contribution in [0.1, 0.15) is 22.3 Å². The van der Waals surface area contributed by atoms with Crippen molar-refractivity contribution in [1.82, 2.24) is 9.97 Å². The second-order valence-corrected chi connectivity index (χ2v) is 7.32. The number of carbonyl (C=O) groups is 1. The van der Waals surface area contributed by atoms with Gasteiger partial charge in [-0.3, -0.25) is 4.79 Å². The van der Waals surface area contributed by atoms with E-state index in [1.54, 1.807) is 30.0 Å². The number of rotatable bonds is 4. The van der Waals surface area contributed by atoms with E-state index in [4.69, 9.17) is 0 Å². The third-order valence-electron chi connectivity index (χ3n) is 2.93. The zero-order valence-corrected chi connectivity index (χ0v) is 14.2. The van der Waals surface area contributed by atoms with Crippen molar-refractivity contribution in [3.05, 3.63) is 28.8 Å². The van der Waals surface area contributed by atoms with Crippen LogP contribution in [-0.4, -0.2) is 22.0 Å². The third kappa shape index (κ3) is 2.81. The zero-order valence-electron chi connectivity index (χ0n) is 11.8. The van der Waals surface area contributed by atoms with Gasteiger partial charge in [0.15, 0.2) is 16.0 Å². The van der Waals surface area contributed by atoms with E-state index < -0.39 is 0 Å². The van der Waals surface area contributed by atoms with Gasteiger partial charge in [-0.1, -0.05) is 28.7 Å². The van der Waals surface area contributed by atoms with Crippen molar-refractivity contribution in [2.45, 2.75) is 18.7 Å². The Bertz CT molecular complexity index is 822. The van der Waals surface area contributed by atoms with Crippen LogP contribution in [0.4, 0.5) is 10.3 Å². The molecule has 3 aromatic rings. The van der Waals surface area contributed by atoms with Gasteiger partial charge in [0, 0.05) is 11.8 Å². The highest BCUT2D eigenvalue weighted by Gasteiger charge is 2.13. The van der Waals surface area contributed by atoms with Crippen LogP contribution in [-0.2, 0) is 0 Å². The van der Waals surface area contributed by atoms with Crippen LogP contribution in [0.15, 0.2) is 23.1 Å². The summed E-state index contributed by atoms with van der Waals surface area (Å²) in [5.74, 6) is 0.0482. The Hall–Kier alpha value is -1.44. The van der Waals surface area contributed by atoms with E-state index in [-0.39, 0.29) is 5.78 Å². The standard InChI is InChI=1S/C14H13N3OS3/c1-7-12(8(2)18)21-13(15-7)17-14-16-11-9(19-3)5-4-6-10(11)20-14/h4-6H,1-3H3,(H,15,16,17). The normalized spacial score (nSPS) is 11.0. The maximum atomic E-state index is 11.5. The van der Waals surface area contributed by atoms with Crippen molar-refractivity contribution < 1.29 is 4.79 Å². The Balaban J connectivity index is 1.95. The minimum atomic E-state index is 0.0482. The third-order valence-corrected chi connectivity index (χ3v) is 5.81. The molecule has 4 nitrogen and oxygen atoms in total. The number of thiazole rings is 2. The summed E-state index contributed by atoms with van der Waals surface area (Å²) in [4.78, 5) is 22.4. The number of aromatic nitrogens is 2. The average Bonchev–Trinajstić information content (AvgIpc) is 3.01. The first-order valence-electron chi connectivity index (χ1n) is 6.27. The lowest BCUT2D eigenvalue weighted by atomic mass is 10.3. The Kier molecular flexibility index (Phi) is 3.97. The van der Waals surface area contributed by atoms with Gasteiger partial charge in [-0.25, -0.2) is 9.97 Å². The van der Waals surface area contributed by atoms with E-state index in [1.807, 2.05) is 19.2 Å². The number of nitrogens with zero attached hydrogens (tertiary/aromatic N) is 2. The topological polar surface area (TPSA) is 54.9 Å². The molecular weight excluding hydrogens is 322 g/mol. The summed E-state index contributed by atoms with van der Waals surface area (Å²) in [5.41, 5.74) is 1.78. The van der Waals surface area contributed by atoms with Crippen molar-refractivity contribution >= 4 is 60.7 Å². The second kappa shape index (κ2) is 5.75. The van der Waals surface area contributed by atoms with Gasteiger partial charge in [-0.2, -0.15) is 0 Å². The van der Waals surface area contributed by atoms with Crippen molar-refractivity contribution in [3.63, 3.8) is 0 Å². The highest BCUT2D eigenvalue weighted by molar-refractivity contribution is 7.98. The van der Waals surface area contributed by atoms with Crippen LogP contribution < -0.4 is 5.32 Å². The number of fused-ring (bicyclic) bond motifs is 1. The number of Topliss-reactive ketones (excluding diaryl/α,β-unsaturated/α-hetero) is 1. The molecule has 2 heterocycles. The van der Waals surface area contributed by atoms with Crippen molar-refractivity contribution in [1.29, 1.82) is 0 Å². The summed E-state index contributed by atoms with van der Waals surface area (Å²) >= 11 is 4.65. The quantitative estimate of drug-likeness (QED) is 0.552. The molecule has 0 atom stereocenters. The Morgan fingerprint density at radius 3 is 2.67 bits per heavy atom. The van der Waals surface area contributed by atoms with Gasteiger partial charge in [0.2, 0.25) is 0 Å². The maximum Gasteiger partial charge on any atom is 0.190 e. The first-order chi connectivity index (χ1) is 10.1. The van der Waals surface area contributed by atoms with Crippen LogP contribution in [0, 0.1) is 6.92 Å². The monoisotopic (exact) mass is 335 g/mol. The van der Waals surface area contributed by atoms with Gasteiger partial charge < -0.3 is 5.32 Å². The van der Waals surface area contributed by atoms with Crippen molar-refractivity contribution in [3.8, 4) is 0 Å².